The first-order valence-corrected chi connectivity index (χ1v) is 7.84. The van der Waals surface area contributed by atoms with Crippen molar-refractivity contribution in [2.24, 2.45) is 0 Å². The van der Waals surface area contributed by atoms with Crippen molar-refractivity contribution in [1.82, 2.24) is 15.2 Å². The molecular weight excluding hydrogens is 288 g/mol. The van der Waals surface area contributed by atoms with Gasteiger partial charge in [-0.1, -0.05) is 24.3 Å². The second kappa shape index (κ2) is 6.67. The summed E-state index contributed by atoms with van der Waals surface area (Å²) >= 11 is 0. The van der Waals surface area contributed by atoms with Crippen LogP contribution in [0, 0.1) is 11.3 Å². The predicted octanol–water partition coefficient (Wildman–Crippen LogP) is 2.06. The first kappa shape index (κ1) is 15.3. The largest absolute Gasteiger partial charge is 0.356 e. The summed E-state index contributed by atoms with van der Waals surface area (Å²) in [5, 5.41) is 11.8. The van der Waals surface area contributed by atoms with E-state index in [1.807, 2.05) is 13.0 Å². The molecule has 2 N–H and O–H groups in total. The number of rotatable bonds is 4. The lowest BCUT2D eigenvalue weighted by Gasteiger charge is -2.31. The lowest BCUT2D eigenvalue weighted by molar-refractivity contribution is 0.0922. The third-order valence-corrected chi connectivity index (χ3v) is 4.18. The van der Waals surface area contributed by atoms with Crippen LogP contribution < -0.4 is 5.32 Å². The molecular formula is C18H20N4O. The number of carbonyl (C=O) groups excluding carboxylic acids is 1. The van der Waals surface area contributed by atoms with Crippen LogP contribution in [0.15, 0.2) is 36.5 Å². The number of fused-ring (bicyclic) bond motifs is 1. The van der Waals surface area contributed by atoms with E-state index >= 15 is 0 Å². The molecule has 1 aromatic heterocycles. The second-order valence-corrected chi connectivity index (χ2v) is 6.04. The lowest BCUT2D eigenvalue weighted by Crippen LogP contribution is -2.43. The highest BCUT2D eigenvalue weighted by Crippen LogP contribution is 2.18. The van der Waals surface area contributed by atoms with Gasteiger partial charge in [0.15, 0.2) is 0 Å². The molecule has 0 saturated heterocycles. The molecule has 0 bridgehead atoms. The molecule has 0 saturated carbocycles. The van der Waals surface area contributed by atoms with Crippen molar-refractivity contribution in [3.05, 3.63) is 58.9 Å². The molecule has 0 radical (unpaired) electrons. The third kappa shape index (κ3) is 3.61. The number of hydrogen-bond acceptors (Lipinski definition) is 3. The average molecular weight is 308 g/mol. The Morgan fingerprint density at radius 3 is 2.96 bits per heavy atom. The fraction of sp³-hybridized carbons (Fsp3) is 0.333. The fourth-order valence-corrected chi connectivity index (χ4v) is 3.03. The van der Waals surface area contributed by atoms with E-state index in [1.54, 1.807) is 12.3 Å². The van der Waals surface area contributed by atoms with Gasteiger partial charge in [-0.05, 0) is 30.5 Å². The Bertz CT molecular complexity index is 743. The molecule has 1 aromatic carbocycles. The van der Waals surface area contributed by atoms with Gasteiger partial charge in [0.05, 0.1) is 5.56 Å². The molecule has 2 aromatic rings. The summed E-state index contributed by atoms with van der Waals surface area (Å²) in [7, 11) is 0. The molecule has 5 nitrogen and oxygen atoms in total. The van der Waals surface area contributed by atoms with Gasteiger partial charge in [0.1, 0.15) is 11.8 Å². The number of aromatic nitrogens is 1. The molecule has 3 rings (SSSR count). The standard InChI is InChI=1S/C18H20N4O/c1-13(21-18(23)17-8-14(9-19)10-20-17)11-22-7-6-15-4-2-3-5-16(15)12-22/h2-5,8,10,13,20H,6-7,11-12H2,1H3,(H,21,23)/t13-/m1/s1. The molecule has 0 unspecified atom stereocenters. The first-order valence-electron chi connectivity index (χ1n) is 7.84. The Morgan fingerprint density at radius 1 is 1.43 bits per heavy atom. The lowest BCUT2D eigenvalue weighted by atomic mass is 10.00. The Kier molecular flexibility index (Phi) is 4.45. The number of amides is 1. The maximum atomic E-state index is 12.2. The molecule has 0 fully saturated rings. The Hall–Kier alpha value is -2.58. The minimum atomic E-state index is -0.170. The molecule has 23 heavy (non-hydrogen) atoms. The van der Waals surface area contributed by atoms with Crippen molar-refractivity contribution >= 4 is 5.91 Å². The van der Waals surface area contributed by atoms with Crippen LogP contribution in [0.2, 0.25) is 0 Å². The summed E-state index contributed by atoms with van der Waals surface area (Å²) in [6.07, 6.45) is 2.60. The van der Waals surface area contributed by atoms with Crippen molar-refractivity contribution in [2.75, 3.05) is 13.1 Å². The van der Waals surface area contributed by atoms with Gasteiger partial charge in [0, 0.05) is 31.9 Å². The molecule has 0 aliphatic carbocycles. The van der Waals surface area contributed by atoms with E-state index in [0.29, 0.717) is 11.3 Å². The van der Waals surface area contributed by atoms with Crippen LogP contribution in [0.1, 0.15) is 34.1 Å². The quantitative estimate of drug-likeness (QED) is 0.908. The highest BCUT2D eigenvalue weighted by atomic mass is 16.1. The zero-order chi connectivity index (χ0) is 16.2. The summed E-state index contributed by atoms with van der Waals surface area (Å²) in [5.41, 5.74) is 3.70. The highest BCUT2D eigenvalue weighted by molar-refractivity contribution is 5.93. The van der Waals surface area contributed by atoms with Crippen molar-refractivity contribution in [3.8, 4) is 6.07 Å². The molecule has 0 spiro atoms. The number of nitrogens with zero attached hydrogens (tertiary/aromatic N) is 2. The molecule has 1 aliphatic heterocycles. The van der Waals surface area contributed by atoms with Crippen molar-refractivity contribution in [1.29, 1.82) is 5.26 Å². The minimum Gasteiger partial charge on any atom is -0.356 e. The van der Waals surface area contributed by atoms with Crippen molar-refractivity contribution < 1.29 is 4.79 Å². The zero-order valence-electron chi connectivity index (χ0n) is 13.2. The van der Waals surface area contributed by atoms with Gasteiger partial charge in [-0.2, -0.15) is 5.26 Å². The van der Waals surface area contributed by atoms with Gasteiger partial charge in [0.25, 0.3) is 5.91 Å². The summed E-state index contributed by atoms with van der Waals surface area (Å²) in [4.78, 5) is 17.3. The van der Waals surface area contributed by atoms with E-state index in [-0.39, 0.29) is 11.9 Å². The molecule has 1 aliphatic rings. The highest BCUT2D eigenvalue weighted by Gasteiger charge is 2.19. The number of H-pyrrole nitrogens is 1. The topological polar surface area (TPSA) is 71.9 Å². The van der Waals surface area contributed by atoms with Crippen molar-refractivity contribution in [3.63, 3.8) is 0 Å². The van der Waals surface area contributed by atoms with Crippen LogP contribution in [0.3, 0.4) is 0 Å². The average Bonchev–Trinajstić information content (AvgIpc) is 3.04. The SMILES string of the molecule is C[C@H](CN1CCc2ccccc2C1)NC(=O)c1cc(C#N)c[nH]1. The van der Waals surface area contributed by atoms with E-state index in [0.717, 1.165) is 26.1 Å². The van der Waals surface area contributed by atoms with Gasteiger partial charge < -0.3 is 10.3 Å². The Morgan fingerprint density at radius 2 is 2.22 bits per heavy atom. The maximum absolute atomic E-state index is 12.2. The van der Waals surface area contributed by atoms with Gasteiger partial charge in [0.2, 0.25) is 0 Å². The number of carbonyl (C=O) groups is 1. The van der Waals surface area contributed by atoms with E-state index in [2.05, 4.69) is 39.5 Å². The van der Waals surface area contributed by atoms with E-state index in [1.165, 1.54) is 11.1 Å². The van der Waals surface area contributed by atoms with Gasteiger partial charge in [-0.25, -0.2) is 0 Å². The second-order valence-electron chi connectivity index (χ2n) is 6.04. The number of hydrogen-bond donors (Lipinski definition) is 2. The van der Waals surface area contributed by atoms with Crippen LogP contribution in [-0.4, -0.2) is 34.9 Å². The Labute approximate surface area is 135 Å². The number of benzene rings is 1. The van der Waals surface area contributed by atoms with E-state index in [4.69, 9.17) is 5.26 Å². The number of nitrogens with one attached hydrogen (secondary N) is 2. The zero-order valence-corrected chi connectivity index (χ0v) is 13.2. The van der Waals surface area contributed by atoms with Crippen LogP contribution in [0.4, 0.5) is 0 Å². The summed E-state index contributed by atoms with van der Waals surface area (Å²) < 4.78 is 0. The van der Waals surface area contributed by atoms with E-state index in [9.17, 15) is 4.79 Å². The minimum absolute atomic E-state index is 0.0431. The summed E-state index contributed by atoms with van der Waals surface area (Å²) in [5.74, 6) is -0.170. The molecule has 2 heterocycles. The summed E-state index contributed by atoms with van der Waals surface area (Å²) in [6, 6.07) is 12.1. The molecule has 118 valence electrons. The van der Waals surface area contributed by atoms with Crippen LogP contribution in [0.25, 0.3) is 0 Å². The van der Waals surface area contributed by atoms with Gasteiger partial charge in [-0.3, -0.25) is 9.69 Å². The normalized spacial score (nSPS) is 15.5. The fourth-order valence-electron chi connectivity index (χ4n) is 3.03. The van der Waals surface area contributed by atoms with Crippen LogP contribution in [0.5, 0.6) is 0 Å². The van der Waals surface area contributed by atoms with E-state index < -0.39 is 0 Å². The number of aromatic amines is 1. The molecule has 1 atom stereocenters. The van der Waals surface area contributed by atoms with Crippen LogP contribution in [-0.2, 0) is 13.0 Å². The summed E-state index contributed by atoms with van der Waals surface area (Å²) in [6.45, 7) is 4.76. The van der Waals surface area contributed by atoms with Gasteiger partial charge >= 0.3 is 0 Å². The predicted molar refractivity (Wildman–Crippen MR) is 87.9 cm³/mol. The van der Waals surface area contributed by atoms with Crippen molar-refractivity contribution in [2.45, 2.75) is 25.9 Å². The number of nitriles is 1. The third-order valence-electron chi connectivity index (χ3n) is 4.18. The smallest absolute Gasteiger partial charge is 0.267 e. The molecule has 5 heteroatoms. The van der Waals surface area contributed by atoms with Crippen LogP contribution >= 0.6 is 0 Å². The molecule has 1 amide bonds. The Balaban J connectivity index is 1.55. The first-order chi connectivity index (χ1) is 11.2. The van der Waals surface area contributed by atoms with Gasteiger partial charge in [-0.15, -0.1) is 0 Å². The monoisotopic (exact) mass is 308 g/mol. The maximum Gasteiger partial charge on any atom is 0.267 e.